The predicted molar refractivity (Wildman–Crippen MR) is 129 cm³/mol. The summed E-state index contributed by atoms with van der Waals surface area (Å²) in [5.41, 5.74) is 4.92. The molecule has 0 unspecified atom stereocenters. The molecule has 1 aliphatic rings. The molecule has 2 aromatic heterocycles. The lowest BCUT2D eigenvalue weighted by atomic mass is 10.1. The second kappa shape index (κ2) is 9.88. The minimum atomic E-state index is -0.381. The van der Waals surface area contributed by atoms with Crippen molar-refractivity contribution in [1.82, 2.24) is 0 Å². The summed E-state index contributed by atoms with van der Waals surface area (Å²) in [5.74, 6) is 0.218. The number of carbonyl (C=O) groups is 2. The Morgan fingerprint density at radius 1 is 1.06 bits per heavy atom. The van der Waals surface area contributed by atoms with Crippen LogP contribution in [0.5, 0.6) is 5.75 Å². The lowest BCUT2D eigenvalue weighted by Gasteiger charge is -2.07. The molecule has 4 rings (SSSR count). The second-order valence-corrected chi connectivity index (χ2v) is 10.1. The molecule has 1 aromatic carbocycles. The van der Waals surface area contributed by atoms with E-state index in [4.69, 9.17) is 9.47 Å². The third-order valence-electron chi connectivity index (χ3n) is 5.80. The molecule has 0 radical (unpaired) electrons. The van der Waals surface area contributed by atoms with Gasteiger partial charge in [0.2, 0.25) is 0 Å². The van der Waals surface area contributed by atoms with E-state index < -0.39 is 0 Å². The number of hydrogen-bond donors (Lipinski definition) is 1. The highest BCUT2D eigenvalue weighted by Crippen LogP contribution is 2.38. The van der Waals surface area contributed by atoms with Crippen LogP contribution in [0.1, 0.15) is 66.4 Å². The molecule has 0 fully saturated rings. The van der Waals surface area contributed by atoms with Crippen LogP contribution in [0.2, 0.25) is 0 Å². The summed E-state index contributed by atoms with van der Waals surface area (Å²) in [6, 6.07) is 7.86. The lowest BCUT2D eigenvalue weighted by Crippen LogP contribution is -2.13. The van der Waals surface area contributed by atoms with Crippen molar-refractivity contribution in [1.29, 1.82) is 0 Å². The Kier molecular flexibility index (Phi) is 6.96. The first-order valence-electron chi connectivity index (χ1n) is 10.8. The molecular formula is C25H27NO4S2. The molecule has 2 heterocycles. The third-order valence-corrected chi connectivity index (χ3v) is 7.98. The molecule has 5 nitrogen and oxygen atoms in total. The van der Waals surface area contributed by atoms with Crippen molar-refractivity contribution in [3.63, 3.8) is 0 Å². The Balaban J connectivity index is 1.47. The maximum atomic E-state index is 12.9. The van der Waals surface area contributed by atoms with Crippen molar-refractivity contribution in [2.24, 2.45) is 0 Å². The molecule has 1 aliphatic carbocycles. The van der Waals surface area contributed by atoms with E-state index in [1.165, 1.54) is 45.8 Å². The number of rotatable bonds is 6. The Morgan fingerprint density at radius 2 is 1.88 bits per heavy atom. The Morgan fingerprint density at radius 3 is 2.66 bits per heavy atom. The monoisotopic (exact) mass is 469 g/mol. The summed E-state index contributed by atoms with van der Waals surface area (Å²) in [6.07, 6.45) is 5.11. The van der Waals surface area contributed by atoms with E-state index in [9.17, 15) is 9.59 Å². The molecule has 0 atom stereocenters. The van der Waals surface area contributed by atoms with E-state index in [1.807, 2.05) is 29.6 Å². The zero-order chi connectivity index (χ0) is 22.7. The number of esters is 1. The standard InChI is InChI=1S/C25H27NO4S2/c1-15-9-10-18(11-16(15)2)30-13-17-12-21(31-14-17)23(27)26-24-22(25(28)29-3)19-7-5-4-6-8-20(19)32-24/h9-12,14H,4-8,13H2,1-3H3,(H,26,27). The van der Waals surface area contributed by atoms with Gasteiger partial charge in [0.25, 0.3) is 5.91 Å². The fourth-order valence-corrected chi connectivity index (χ4v) is 5.92. The highest BCUT2D eigenvalue weighted by Gasteiger charge is 2.26. The van der Waals surface area contributed by atoms with Gasteiger partial charge in [-0.1, -0.05) is 12.5 Å². The number of fused-ring (bicyclic) bond motifs is 1. The van der Waals surface area contributed by atoms with Gasteiger partial charge in [-0.2, -0.15) is 0 Å². The quantitative estimate of drug-likeness (QED) is 0.339. The molecule has 3 aromatic rings. The maximum Gasteiger partial charge on any atom is 0.341 e. The van der Waals surface area contributed by atoms with Crippen molar-refractivity contribution < 1.29 is 19.1 Å². The minimum absolute atomic E-state index is 0.214. The zero-order valence-corrected chi connectivity index (χ0v) is 20.2. The van der Waals surface area contributed by atoms with Crippen LogP contribution in [-0.4, -0.2) is 19.0 Å². The van der Waals surface area contributed by atoms with Crippen LogP contribution in [-0.2, 0) is 24.2 Å². The van der Waals surface area contributed by atoms with Gasteiger partial charge in [-0.05, 0) is 79.8 Å². The molecule has 1 N–H and O–H groups in total. The highest BCUT2D eigenvalue weighted by atomic mass is 32.1. The first-order chi connectivity index (χ1) is 15.5. The molecule has 0 spiro atoms. The maximum absolute atomic E-state index is 12.9. The molecule has 1 amide bonds. The number of nitrogens with one attached hydrogen (secondary N) is 1. The van der Waals surface area contributed by atoms with E-state index >= 15 is 0 Å². The zero-order valence-electron chi connectivity index (χ0n) is 18.6. The molecule has 0 aliphatic heterocycles. The lowest BCUT2D eigenvalue weighted by molar-refractivity contribution is 0.0601. The summed E-state index contributed by atoms with van der Waals surface area (Å²) < 4.78 is 10.9. The number of carbonyl (C=O) groups excluding carboxylic acids is 2. The van der Waals surface area contributed by atoms with Gasteiger partial charge >= 0.3 is 5.97 Å². The van der Waals surface area contributed by atoms with Gasteiger partial charge in [0.05, 0.1) is 17.6 Å². The minimum Gasteiger partial charge on any atom is -0.489 e. The Labute approximate surface area is 196 Å². The molecule has 0 bridgehead atoms. The number of thiophene rings is 2. The average molecular weight is 470 g/mol. The van der Waals surface area contributed by atoms with E-state index in [-0.39, 0.29) is 11.9 Å². The Hall–Kier alpha value is -2.64. The number of hydrogen-bond acceptors (Lipinski definition) is 6. The largest absolute Gasteiger partial charge is 0.489 e. The first-order valence-corrected chi connectivity index (χ1v) is 12.5. The van der Waals surface area contributed by atoms with Gasteiger partial charge in [-0.15, -0.1) is 22.7 Å². The van der Waals surface area contributed by atoms with Crippen LogP contribution < -0.4 is 10.1 Å². The predicted octanol–water partition coefficient (Wildman–Crippen LogP) is 6.31. The molecule has 32 heavy (non-hydrogen) atoms. The van der Waals surface area contributed by atoms with Crippen molar-refractivity contribution in [2.75, 3.05) is 12.4 Å². The van der Waals surface area contributed by atoms with Gasteiger partial charge in [0, 0.05) is 10.4 Å². The normalized spacial score (nSPS) is 13.2. The fourth-order valence-electron chi connectivity index (χ4n) is 3.85. The summed E-state index contributed by atoms with van der Waals surface area (Å²) >= 11 is 2.88. The smallest absolute Gasteiger partial charge is 0.341 e. The van der Waals surface area contributed by atoms with E-state index in [0.717, 1.165) is 49.0 Å². The molecule has 168 valence electrons. The number of methoxy groups -OCH3 is 1. The highest BCUT2D eigenvalue weighted by molar-refractivity contribution is 7.17. The van der Waals surface area contributed by atoms with Gasteiger partial charge < -0.3 is 14.8 Å². The van der Waals surface area contributed by atoms with E-state index in [2.05, 4.69) is 19.2 Å². The number of ether oxygens (including phenoxy) is 2. The van der Waals surface area contributed by atoms with Crippen LogP contribution in [0.25, 0.3) is 0 Å². The molecule has 0 saturated heterocycles. The van der Waals surface area contributed by atoms with Crippen molar-refractivity contribution >= 4 is 39.6 Å². The first kappa shape index (κ1) is 22.6. The van der Waals surface area contributed by atoms with Crippen LogP contribution in [0.3, 0.4) is 0 Å². The summed E-state index contributed by atoms with van der Waals surface area (Å²) in [5, 5.41) is 5.49. The van der Waals surface area contributed by atoms with Gasteiger partial charge in [-0.25, -0.2) is 4.79 Å². The number of anilines is 1. The SMILES string of the molecule is COC(=O)c1c(NC(=O)c2cc(COc3ccc(C)c(C)c3)cs2)sc2c1CCCCC2. The number of aryl methyl sites for hydroxylation is 3. The van der Waals surface area contributed by atoms with E-state index in [0.29, 0.717) is 22.0 Å². The summed E-state index contributed by atoms with van der Waals surface area (Å²) in [4.78, 5) is 27.2. The second-order valence-electron chi connectivity index (χ2n) is 8.07. The van der Waals surface area contributed by atoms with Gasteiger partial charge in [0.15, 0.2) is 0 Å². The van der Waals surface area contributed by atoms with Gasteiger partial charge in [-0.3, -0.25) is 4.79 Å². The van der Waals surface area contributed by atoms with Crippen molar-refractivity contribution in [3.05, 3.63) is 67.2 Å². The fraction of sp³-hybridized carbons (Fsp3) is 0.360. The van der Waals surface area contributed by atoms with Crippen LogP contribution in [0.4, 0.5) is 5.00 Å². The topological polar surface area (TPSA) is 64.6 Å². The van der Waals surface area contributed by atoms with Crippen LogP contribution in [0, 0.1) is 13.8 Å². The third kappa shape index (κ3) is 4.89. The summed E-state index contributed by atoms with van der Waals surface area (Å²) in [6.45, 7) is 4.52. The molecular weight excluding hydrogens is 442 g/mol. The van der Waals surface area contributed by atoms with E-state index in [1.54, 1.807) is 0 Å². The average Bonchev–Trinajstić information content (AvgIpc) is 3.32. The summed E-state index contributed by atoms with van der Waals surface area (Å²) in [7, 11) is 1.38. The van der Waals surface area contributed by atoms with Crippen LogP contribution >= 0.6 is 22.7 Å². The van der Waals surface area contributed by atoms with Crippen molar-refractivity contribution in [3.8, 4) is 5.75 Å². The van der Waals surface area contributed by atoms with Gasteiger partial charge in [0.1, 0.15) is 17.4 Å². The molecule has 7 heteroatoms. The number of benzene rings is 1. The van der Waals surface area contributed by atoms with Crippen molar-refractivity contribution in [2.45, 2.75) is 52.6 Å². The Bertz CT molecular complexity index is 1150. The number of amides is 1. The molecule has 0 saturated carbocycles. The van der Waals surface area contributed by atoms with Crippen LogP contribution in [0.15, 0.2) is 29.6 Å².